The first kappa shape index (κ1) is 16.8. The largest absolute Gasteiger partial charge is 0.505 e. The second-order valence-corrected chi connectivity index (χ2v) is 8.86. The molecule has 23 heavy (non-hydrogen) atoms. The SMILES string of the molecule is O=S(=O)(Nc1nc2c(Cl)cccc2s1)c1cc(Br)cc(Cl)c1O. The monoisotopic (exact) mass is 452 g/mol. The Labute approximate surface area is 154 Å². The summed E-state index contributed by atoms with van der Waals surface area (Å²) < 4.78 is 28.4. The van der Waals surface area contributed by atoms with Gasteiger partial charge in [-0.1, -0.05) is 56.5 Å². The lowest BCUT2D eigenvalue weighted by atomic mass is 10.3. The lowest BCUT2D eigenvalue weighted by molar-refractivity contribution is 0.459. The molecule has 0 radical (unpaired) electrons. The minimum absolute atomic E-state index is 0.0768. The maximum absolute atomic E-state index is 12.5. The Bertz CT molecular complexity index is 1020. The molecule has 0 aliphatic heterocycles. The van der Waals surface area contributed by atoms with Crippen LogP contribution >= 0.6 is 50.5 Å². The van der Waals surface area contributed by atoms with Gasteiger partial charge in [0.1, 0.15) is 10.4 Å². The van der Waals surface area contributed by atoms with Crippen molar-refractivity contribution >= 4 is 75.8 Å². The van der Waals surface area contributed by atoms with Crippen LogP contribution < -0.4 is 4.72 Å². The summed E-state index contributed by atoms with van der Waals surface area (Å²) in [6.45, 7) is 0. The first-order chi connectivity index (χ1) is 10.8. The van der Waals surface area contributed by atoms with Gasteiger partial charge >= 0.3 is 0 Å². The van der Waals surface area contributed by atoms with Crippen LogP contribution in [0.15, 0.2) is 39.7 Å². The van der Waals surface area contributed by atoms with E-state index in [1.54, 1.807) is 18.2 Å². The fourth-order valence-corrected chi connectivity index (χ4v) is 5.44. The van der Waals surface area contributed by atoms with Crippen LogP contribution in [0.25, 0.3) is 10.2 Å². The van der Waals surface area contributed by atoms with Crippen LogP contribution in [-0.2, 0) is 10.0 Å². The standard InChI is InChI=1S/C13H7BrCl2N2O3S2/c14-6-4-8(16)12(19)10(5-6)23(20,21)18-13-17-11-7(15)2-1-3-9(11)22-13/h1-5,19H,(H,17,18). The van der Waals surface area contributed by atoms with E-state index in [1.165, 1.54) is 12.1 Å². The maximum Gasteiger partial charge on any atom is 0.267 e. The Morgan fingerprint density at radius 2 is 1.96 bits per heavy atom. The van der Waals surface area contributed by atoms with Crippen LogP contribution in [0, 0.1) is 0 Å². The van der Waals surface area contributed by atoms with Gasteiger partial charge in [-0.05, 0) is 24.3 Å². The zero-order chi connectivity index (χ0) is 16.8. The third-order valence-electron chi connectivity index (χ3n) is 2.87. The number of hydrogen-bond acceptors (Lipinski definition) is 5. The van der Waals surface area contributed by atoms with E-state index in [9.17, 15) is 13.5 Å². The van der Waals surface area contributed by atoms with Crippen molar-refractivity contribution in [1.82, 2.24) is 4.98 Å². The number of para-hydroxylation sites is 1. The molecule has 1 heterocycles. The Morgan fingerprint density at radius 3 is 2.65 bits per heavy atom. The van der Waals surface area contributed by atoms with Crippen LogP contribution in [-0.4, -0.2) is 18.5 Å². The summed E-state index contributed by atoms with van der Waals surface area (Å²) in [6.07, 6.45) is 0. The molecule has 2 aromatic carbocycles. The molecule has 0 unspecified atom stereocenters. The third-order valence-corrected chi connectivity index (χ3v) is 6.34. The summed E-state index contributed by atoms with van der Waals surface area (Å²) in [5.41, 5.74) is 0.508. The van der Waals surface area contributed by atoms with Gasteiger partial charge in [0.2, 0.25) is 0 Å². The van der Waals surface area contributed by atoms with Gasteiger partial charge in [-0.3, -0.25) is 4.72 Å². The van der Waals surface area contributed by atoms with Gasteiger partial charge in [0.15, 0.2) is 10.9 Å². The van der Waals surface area contributed by atoms with Crippen LogP contribution in [0.1, 0.15) is 0 Å². The lowest BCUT2D eigenvalue weighted by Crippen LogP contribution is -2.13. The number of phenols is 1. The molecule has 0 atom stereocenters. The van der Waals surface area contributed by atoms with Gasteiger partial charge in [0, 0.05) is 4.47 Å². The van der Waals surface area contributed by atoms with Gasteiger partial charge in [-0.25, -0.2) is 13.4 Å². The molecule has 2 N–H and O–H groups in total. The number of fused-ring (bicyclic) bond motifs is 1. The first-order valence-electron chi connectivity index (χ1n) is 6.04. The van der Waals surface area contributed by atoms with E-state index in [0.717, 1.165) is 16.0 Å². The summed E-state index contributed by atoms with van der Waals surface area (Å²) in [5, 5.41) is 10.4. The van der Waals surface area contributed by atoms with E-state index in [2.05, 4.69) is 25.6 Å². The number of sulfonamides is 1. The predicted octanol–water partition coefficient (Wildman–Crippen LogP) is 4.87. The fraction of sp³-hybridized carbons (Fsp3) is 0. The Hall–Kier alpha value is -1.06. The molecule has 0 aliphatic carbocycles. The van der Waals surface area contributed by atoms with Crippen molar-refractivity contribution in [3.63, 3.8) is 0 Å². The molecule has 3 rings (SSSR count). The fourth-order valence-electron chi connectivity index (χ4n) is 1.88. The average Bonchev–Trinajstić information content (AvgIpc) is 2.85. The van der Waals surface area contributed by atoms with Crippen molar-refractivity contribution in [3.05, 3.63) is 44.8 Å². The van der Waals surface area contributed by atoms with Crippen molar-refractivity contribution in [2.75, 3.05) is 4.72 Å². The summed E-state index contributed by atoms with van der Waals surface area (Å²) in [5.74, 6) is -0.526. The van der Waals surface area contributed by atoms with E-state index in [4.69, 9.17) is 23.2 Å². The second kappa shape index (κ2) is 6.10. The van der Waals surface area contributed by atoms with E-state index in [1.807, 2.05) is 0 Å². The number of benzene rings is 2. The van der Waals surface area contributed by atoms with Gasteiger partial charge in [0.25, 0.3) is 10.0 Å². The zero-order valence-corrected chi connectivity index (χ0v) is 15.8. The highest BCUT2D eigenvalue weighted by Crippen LogP contribution is 2.36. The third kappa shape index (κ3) is 3.27. The quantitative estimate of drug-likeness (QED) is 0.592. The second-order valence-electron chi connectivity index (χ2n) is 4.45. The topological polar surface area (TPSA) is 79.3 Å². The molecule has 0 amide bonds. The molecule has 120 valence electrons. The van der Waals surface area contributed by atoms with Gasteiger partial charge in [-0.2, -0.15) is 0 Å². The Balaban J connectivity index is 2.05. The van der Waals surface area contributed by atoms with Gasteiger partial charge < -0.3 is 5.11 Å². The number of rotatable bonds is 3. The van der Waals surface area contributed by atoms with Crippen LogP contribution in [0.3, 0.4) is 0 Å². The number of aromatic hydroxyl groups is 1. The van der Waals surface area contributed by atoms with Crippen LogP contribution in [0.4, 0.5) is 5.13 Å². The number of phenolic OH excluding ortho intramolecular Hbond substituents is 1. The highest BCUT2D eigenvalue weighted by molar-refractivity contribution is 9.10. The number of thiazole rings is 1. The van der Waals surface area contributed by atoms with E-state index in [-0.39, 0.29) is 15.0 Å². The lowest BCUT2D eigenvalue weighted by Gasteiger charge is -2.08. The molecule has 0 saturated heterocycles. The Morgan fingerprint density at radius 1 is 1.22 bits per heavy atom. The number of anilines is 1. The highest BCUT2D eigenvalue weighted by Gasteiger charge is 2.23. The van der Waals surface area contributed by atoms with Crippen molar-refractivity contribution < 1.29 is 13.5 Å². The predicted molar refractivity (Wildman–Crippen MR) is 96.3 cm³/mol. The molecule has 5 nitrogen and oxygen atoms in total. The molecule has 1 aromatic heterocycles. The highest BCUT2D eigenvalue weighted by atomic mass is 79.9. The number of hydrogen-bond donors (Lipinski definition) is 2. The Kier molecular flexibility index (Phi) is 4.45. The van der Waals surface area contributed by atoms with Gasteiger partial charge in [0.05, 0.1) is 14.7 Å². The minimum Gasteiger partial charge on any atom is -0.505 e. The number of nitrogens with zero attached hydrogens (tertiary/aromatic N) is 1. The molecule has 0 bridgehead atoms. The van der Waals surface area contributed by atoms with Crippen molar-refractivity contribution in [1.29, 1.82) is 0 Å². The zero-order valence-electron chi connectivity index (χ0n) is 11.0. The molecular weight excluding hydrogens is 447 g/mol. The summed E-state index contributed by atoms with van der Waals surface area (Å²) in [4.78, 5) is 3.82. The van der Waals surface area contributed by atoms with Crippen molar-refractivity contribution in [3.8, 4) is 5.75 Å². The van der Waals surface area contributed by atoms with Crippen LogP contribution in [0.2, 0.25) is 10.0 Å². The molecule has 0 fully saturated rings. The molecular formula is C13H7BrCl2N2O3S2. The molecule has 10 heteroatoms. The average molecular weight is 454 g/mol. The molecule has 0 spiro atoms. The van der Waals surface area contributed by atoms with Gasteiger partial charge in [-0.15, -0.1) is 0 Å². The molecule has 0 aliphatic rings. The minimum atomic E-state index is -4.06. The summed E-state index contributed by atoms with van der Waals surface area (Å²) in [7, 11) is -4.06. The smallest absolute Gasteiger partial charge is 0.267 e. The molecule has 3 aromatic rings. The van der Waals surface area contributed by atoms with Crippen molar-refractivity contribution in [2.45, 2.75) is 4.90 Å². The number of halogens is 3. The van der Waals surface area contributed by atoms with E-state index < -0.39 is 15.8 Å². The number of aromatic nitrogens is 1. The molecule has 0 saturated carbocycles. The number of nitrogens with one attached hydrogen (secondary N) is 1. The normalized spacial score (nSPS) is 11.8. The van der Waals surface area contributed by atoms with Crippen LogP contribution in [0.5, 0.6) is 5.75 Å². The van der Waals surface area contributed by atoms with Crippen molar-refractivity contribution in [2.24, 2.45) is 0 Å². The first-order valence-corrected chi connectivity index (χ1v) is 9.88. The summed E-state index contributed by atoms with van der Waals surface area (Å²) >= 11 is 16.1. The summed E-state index contributed by atoms with van der Waals surface area (Å²) in [6, 6.07) is 7.85. The van der Waals surface area contributed by atoms with E-state index >= 15 is 0 Å². The van der Waals surface area contributed by atoms with E-state index in [0.29, 0.717) is 15.0 Å². The maximum atomic E-state index is 12.5.